The van der Waals surface area contributed by atoms with Gasteiger partial charge in [-0.05, 0) is 30.3 Å². The average Bonchev–Trinajstić information content (AvgIpc) is 3.29. The highest BCUT2D eigenvalue weighted by atomic mass is 16.5. The second kappa shape index (κ2) is 9.69. The molecule has 2 amide bonds. The van der Waals surface area contributed by atoms with Gasteiger partial charge < -0.3 is 31.2 Å². The number of aliphatic carboxylic acids is 1. The number of anilines is 2. The van der Waals surface area contributed by atoms with E-state index in [-0.39, 0.29) is 18.2 Å². The number of hydrogen-bond donors (Lipinski definition) is 5. The molecule has 0 saturated heterocycles. The van der Waals surface area contributed by atoms with E-state index in [1.54, 1.807) is 66.9 Å². The molecule has 0 bridgehead atoms. The Labute approximate surface area is 193 Å². The number of Topliss-reactive ketones (excluding diaryl/α,β-unsaturated/α-hetero) is 1. The quantitative estimate of drug-likeness (QED) is 0.249. The number of ether oxygens (including phenoxy) is 1. The van der Waals surface area contributed by atoms with E-state index in [4.69, 9.17) is 10.5 Å². The van der Waals surface area contributed by atoms with Crippen molar-refractivity contribution in [2.24, 2.45) is 0 Å². The first-order valence-corrected chi connectivity index (χ1v) is 10.2. The molecule has 4 aromatic rings. The predicted molar refractivity (Wildman–Crippen MR) is 124 cm³/mol. The lowest BCUT2D eigenvalue weighted by atomic mass is 10.0. The van der Waals surface area contributed by atoms with Crippen LogP contribution in [0.2, 0.25) is 0 Å². The van der Waals surface area contributed by atoms with Crippen molar-refractivity contribution in [1.82, 2.24) is 20.3 Å². The maximum Gasteiger partial charge on any atom is 0.326 e. The normalized spacial score (nSPS) is 11.5. The van der Waals surface area contributed by atoms with Crippen LogP contribution < -0.4 is 21.1 Å². The van der Waals surface area contributed by atoms with Crippen molar-refractivity contribution in [3.63, 3.8) is 0 Å². The minimum absolute atomic E-state index is 0.0543. The number of nitrogens with two attached hydrogens (primary N) is 1. The summed E-state index contributed by atoms with van der Waals surface area (Å²) in [5.74, 6) is -0.947. The van der Waals surface area contributed by atoms with Crippen LogP contribution >= 0.6 is 0 Å². The van der Waals surface area contributed by atoms with Crippen LogP contribution in [-0.2, 0) is 4.79 Å². The van der Waals surface area contributed by atoms with Crippen molar-refractivity contribution < 1.29 is 24.2 Å². The molecule has 2 aromatic carbocycles. The highest BCUT2D eigenvalue weighted by Crippen LogP contribution is 2.28. The number of hydrogen-bond acceptors (Lipinski definition) is 7. The van der Waals surface area contributed by atoms with E-state index in [0.29, 0.717) is 28.0 Å². The Morgan fingerprint density at radius 3 is 2.47 bits per heavy atom. The Hall–Kier alpha value is -4.93. The van der Waals surface area contributed by atoms with Crippen LogP contribution in [0.4, 0.5) is 16.4 Å². The van der Waals surface area contributed by atoms with Crippen molar-refractivity contribution in [1.29, 1.82) is 0 Å². The number of ketones is 1. The fraction of sp³-hybridized carbons (Fsp3) is 0.0870. The molecule has 0 unspecified atom stereocenters. The van der Waals surface area contributed by atoms with E-state index in [1.165, 1.54) is 0 Å². The van der Waals surface area contributed by atoms with Crippen LogP contribution in [0.15, 0.2) is 66.9 Å². The first-order chi connectivity index (χ1) is 16.4. The van der Waals surface area contributed by atoms with Gasteiger partial charge >= 0.3 is 12.0 Å². The third kappa shape index (κ3) is 5.27. The number of rotatable bonds is 8. The second-order valence-electron chi connectivity index (χ2n) is 7.24. The molecule has 0 aliphatic carbocycles. The van der Waals surface area contributed by atoms with Crippen LogP contribution in [0.5, 0.6) is 11.6 Å². The molecule has 0 aliphatic heterocycles. The Morgan fingerprint density at radius 1 is 1.03 bits per heavy atom. The summed E-state index contributed by atoms with van der Waals surface area (Å²) in [4.78, 5) is 47.3. The molecule has 0 radical (unpaired) electrons. The number of fused-ring (bicyclic) bond motifs is 1. The molecule has 0 fully saturated rings. The zero-order chi connectivity index (χ0) is 24.1. The number of nitrogen functional groups attached to an aromatic ring is 1. The first kappa shape index (κ1) is 22.3. The van der Waals surface area contributed by atoms with Gasteiger partial charge in [0.2, 0.25) is 11.8 Å². The van der Waals surface area contributed by atoms with Gasteiger partial charge in [0.1, 0.15) is 17.4 Å². The molecule has 172 valence electrons. The van der Waals surface area contributed by atoms with Gasteiger partial charge in [0.05, 0.1) is 5.39 Å². The Bertz CT molecular complexity index is 1340. The molecule has 11 heteroatoms. The number of carbonyl (C=O) groups is 3. The fourth-order valence-electron chi connectivity index (χ4n) is 3.18. The minimum atomic E-state index is -1.39. The number of aromatic nitrogens is 3. The summed E-state index contributed by atoms with van der Waals surface area (Å²) in [5.41, 5.74) is 6.99. The van der Waals surface area contributed by atoms with Crippen LogP contribution in [0, 0.1) is 0 Å². The number of benzene rings is 2. The zero-order valence-electron chi connectivity index (χ0n) is 17.7. The number of carboxylic acids is 1. The van der Waals surface area contributed by atoms with Crippen molar-refractivity contribution in [3.8, 4) is 11.6 Å². The van der Waals surface area contributed by atoms with Gasteiger partial charge in [0.15, 0.2) is 5.78 Å². The van der Waals surface area contributed by atoms with E-state index < -0.39 is 23.8 Å². The maximum atomic E-state index is 12.3. The molecule has 1 atom stereocenters. The smallest absolute Gasteiger partial charge is 0.326 e. The van der Waals surface area contributed by atoms with E-state index in [9.17, 15) is 19.5 Å². The minimum Gasteiger partial charge on any atom is -0.480 e. The van der Waals surface area contributed by atoms with Gasteiger partial charge in [-0.2, -0.15) is 9.97 Å². The lowest BCUT2D eigenvalue weighted by Crippen LogP contribution is -2.44. The Kier molecular flexibility index (Phi) is 6.35. The van der Waals surface area contributed by atoms with Crippen LogP contribution in [0.3, 0.4) is 0 Å². The Balaban J connectivity index is 1.37. The van der Waals surface area contributed by atoms with Gasteiger partial charge in [-0.3, -0.25) is 4.79 Å². The number of amides is 2. The SMILES string of the molecule is Nc1nc(Oc2ccc(NC(=O)N[C@@H](CC(=O)c3ccccc3)C(=O)O)cc2)c2cc[nH]c2n1. The molecule has 0 spiro atoms. The fourth-order valence-corrected chi connectivity index (χ4v) is 3.18. The molecule has 6 N–H and O–H groups in total. The van der Waals surface area contributed by atoms with E-state index in [1.807, 2.05) is 0 Å². The summed E-state index contributed by atoms with van der Waals surface area (Å²) in [7, 11) is 0. The first-order valence-electron chi connectivity index (χ1n) is 10.2. The summed E-state index contributed by atoms with van der Waals surface area (Å²) in [5, 5.41) is 14.9. The summed E-state index contributed by atoms with van der Waals surface area (Å²) < 4.78 is 5.78. The maximum absolute atomic E-state index is 12.3. The van der Waals surface area contributed by atoms with Crippen LogP contribution in [0.25, 0.3) is 11.0 Å². The third-order valence-electron chi connectivity index (χ3n) is 4.81. The van der Waals surface area contributed by atoms with Crippen LogP contribution in [-0.4, -0.2) is 43.9 Å². The summed E-state index contributed by atoms with van der Waals surface area (Å²) in [6.45, 7) is 0. The second-order valence-corrected chi connectivity index (χ2v) is 7.24. The molecule has 34 heavy (non-hydrogen) atoms. The third-order valence-corrected chi connectivity index (χ3v) is 4.81. The summed E-state index contributed by atoms with van der Waals surface area (Å²) in [6.07, 6.45) is 1.31. The highest BCUT2D eigenvalue weighted by Gasteiger charge is 2.24. The van der Waals surface area contributed by atoms with E-state index >= 15 is 0 Å². The molecular weight excluding hydrogens is 440 g/mol. The molecular formula is C23H20N6O5. The van der Waals surface area contributed by atoms with Crippen molar-refractivity contribution in [2.45, 2.75) is 12.5 Å². The average molecular weight is 460 g/mol. The van der Waals surface area contributed by atoms with E-state index in [0.717, 1.165) is 0 Å². The number of H-pyrrole nitrogens is 1. The highest BCUT2D eigenvalue weighted by molar-refractivity contribution is 6.00. The molecule has 0 aliphatic rings. The molecule has 4 rings (SSSR count). The lowest BCUT2D eigenvalue weighted by Gasteiger charge is -2.15. The lowest BCUT2D eigenvalue weighted by molar-refractivity contribution is -0.139. The number of carbonyl (C=O) groups excluding carboxylic acids is 2. The van der Waals surface area contributed by atoms with Gasteiger partial charge in [0, 0.05) is 23.9 Å². The summed E-state index contributed by atoms with van der Waals surface area (Å²) >= 11 is 0. The number of urea groups is 1. The molecule has 2 heterocycles. The molecule has 2 aromatic heterocycles. The van der Waals surface area contributed by atoms with E-state index in [2.05, 4.69) is 25.6 Å². The molecule has 11 nitrogen and oxygen atoms in total. The van der Waals surface area contributed by atoms with Crippen LogP contribution in [0.1, 0.15) is 16.8 Å². The number of nitrogens with one attached hydrogen (secondary N) is 3. The van der Waals surface area contributed by atoms with Gasteiger partial charge in [-0.1, -0.05) is 30.3 Å². The zero-order valence-corrected chi connectivity index (χ0v) is 17.7. The van der Waals surface area contributed by atoms with Crippen molar-refractivity contribution >= 4 is 40.5 Å². The Morgan fingerprint density at radius 2 is 1.76 bits per heavy atom. The number of aromatic amines is 1. The van der Waals surface area contributed by atoms with Gasteiger partial charge in [0.25, 0.3) is 0 Å². The number of carboxylic acid groups (broad SMARTS) is 1. The number of nitrogens with zero attached hydrogens (tertiary/aromatic N) is 2. The predicted octanol–water partition coefficient (Wildman–Crippen LogP) is 3.18. The van der Waals surface area contributed by atoms with Gasteiger partial charge in [-0.15, -0.1) is 0 Å². The largest absolute Gasteiger partial charge is 0.480 e. The van der Waals surface area contributed by atoms with Crippen molar-refractivity contribution in [2.75, 3.05) is 11.1 Å². The van der Waals surface area contributed by atoms with Crippen molar-refractivity contribution in [3.05, 3.63) is 72.4 Å². The van der Waals surface area contributed by atoms with Gasteiger partial charge in [-0.25, -0.2) is 9.59 Å². The standard InChI is InChI=1S/C23H20N6O5/c24-22-28-19-16(10-11-25-19)20(29-22)34-15-8-6-14(7-9-15)26-23(33)27-17(21(31)32)12-18(30)13-4-2-1-3-5-13/h1-11,17H,12H2,(H,31,32)(H2,26,27,33)(H3,24,25,28,29)/t17-/m0/s1. The topological polar surface area (TPSA) is 172 Å². The summed E-state index contributed by atoms with van der Waals surface area (Å²) in [6, 6.07) is 14.2. The monoisotopic (exact) mass is 460 g/mol. The molecule has 0 saturated carbocycles.